The topological polar surface area (TPSA) is 146 Å². The normalized spacial score (nSPS) is 13.6. The largest absolute Gasteiger partial charge is 0.490 e. The first kappa shape index (κ1) is 22.9. The molecule has 3 aromatic rings. The van der Waals surface area contributed by atoms with Gasteiger partial charge in [0, 0.05) is 25.2 Å². The summed E-state index contributed by atoms with van der Waals surface area (Å²) in [6, 6.07) is 7.76. The van der Waals surface area contributed by atoms with Crippen LogP contribution >= 0.6 is 0 Å². The highest BCUT2D eigenvalue weighted by Gasteiger charge is 2.38. The first-order valence-corrected chi connectivity index (χ1v) is 9.36. The van der Waals surface area contributed by atoms with E-state index in [1.807, 2.05) is 24.3 Å². The predicted octanol–water partition coefficient (Wildman–Crippen LogP) is 2.02. The average Bonchev–Trinajstić information content (AvgIpc) is 3.35. The Bertz CT molecular complexity index is 1080. The minimum Gasteiger partial charge on any atom is -0.475 e. The molecule has 1 aliphatic heterocycles. The minimum atomic E-state index is -5.08. The molecule has 3 heterocycles. The third-order valence-electron chi connectivity index (χ3n) is 4.47. The Balaban J connectivity index is 0.000000360. The van der Waals surface area contributed by atoms with Crippen molar-refractivity contribution in [2.45, 2.75) is 25.6 Å². The van der Waals surface area contributed by atoms with Crippen LogP contribution in [-0.2, 0) is 11.3 Å². The van der Waals surface area contributed by atoms with E-state index < -0.39 is 12.1 Å². The lowest BCUT2D eigenvalue weighted by Gasteiger charge is -2.23. The van der Waals surface area contributed by atoms with Crippen LogP contribution in [0.2, 0.25) is 0 Å². The number of carboxylic acids is 1. The summed E-state index contributed by atoms with van der Waals surface area (Å²) >= 11 is 0. The molecule has 0 aliphatic carbocycles. The summed E-state index contributed by atoms with van der Waals surface area (Å²) < 4.78 is 37.4. The Hall–Kier alpha value is -3.74. The molecule has 4 rings (SSSR count). The van der Waals surface area contributed by atoms with Gasteiger partial charge in [-0.1, -0.05) is 18.2 Å². The number of rotatable bonds is 5. The maximum Gasteiger partial charge on any atom is 0.490 e. The van der Waals surface area contributed by atoms with Crippen LogP contribution in [0, 0.1) is 6.92 Å². The summed E-state index contributed by atoms with van der Waals surface area (Å²) in [5.41, 5.74) is 2.24. The van der Waals surface area contributed by atoms with Gasteiger partial charge in [-0.05, 0) is 18.6 Å². The van der Waals surface area contributed by atoms with Gasteiger partial charge in [0.1, 0.15) is 12.1 Å². The van der Waals surface area contributed by atoms with Crippen molar-refractivity contribution in [2.75, 3.05) is 13.1 Å². The molecule has 0 atom stereocenters. The Morgan fingerprint density at radius 1 is 1.31 bits per heavy atom. The fourth-order valence-electron chi connectivity index (χ4n) is 2.70. The molecule has 1 aromatic carbocycles. The average molecular weight is 452 g/mol. The molecular formula is C19H19F3N6O4. The lowest BCUT2D eigenvalue weighted by Crippen LogP contribution is -2.40. The van der Waals surface area contributed by atoms with E-state index in [1.165, 1.54) is 6.33 Å². The third kappa shape index (κ3) is 5.69. The molecule has 1 aliphatic rings. The maximum atomic E-state index is 12.4. The number of nitrogens with one attached hydrogen (secondary N) is 3. The molecule has 4 N–H and O–H groups in total. The number of nitrogens with zero attached hydrogens (tertiary/aromatic N) is 3. The third-order valence-corrected chi connectivity index (χ3v) is 4.47. The van der Waals surface area contributed by atoms with Crippen LogP contribution in [0.5, 0.6) is 0 Å². The number of amides is 1. The Labute approximate surface area is 179 Å². The van der Waals surface area contributed by atoms with Crippen molar-refractivity contribution in [3.8, 4) is 11.4 Å². The first-order valence-electron chi connectivity index (χ1n) is 9.36. The first-order chi connectivity index (χ1) is 15.1. The van der Waals surface area contributed by atoms with Gasteiger partial charge in [-0.3, -0.25) is 9.89 Å². The van der Waals surface area contributed by atoms with Gasteiger partial charge in [-0.2, -0.15) is 18.3 Å². The van der Waals surface area contributed by atoms with Gasteiger partial charge in [0.05, 0.1) is 5.92 Å². The lowest BCUT2D eigenvalue weighted by molar-refractivity contribution is -0.192. The van der Waals surface area contributed by atoms with Crippen molar-refractivity contribution in [1.82, 2.24) is 30.8 Å². The van der Waals surface area contributed by atoms with E-state index in [-0.39, 0.29) is 11.8 Å². The number of aromatic amines is 1. The fourth-order valence-corrected chi connectivity index (χ4v) is 2.70. The van der Waals surface area contributed by atoms with Gasteiger partial charge in [0.25, 0.3) is 5.91 Å². The van der Waals surface area contributed by atoms with Crippen molar-refractivity contribution < 1.29 is 32.3 Å². The smallest absolute Gasteiger partial charge is 0.475 e. The summed E-state index contributed by atoms with van der Waals surface area (Å²) in [5.74, 6) is -0.848. The van der Waals surface area contributed by atoms with E-state index in [2.05, 4.69) is 30.8 Å². The Kier molecular flexibility index (Phi) is 6.88. The van der Waals surface area contributed by atoms with Crippen molar-refractivity contribution in [1.29, 1.82) is 0 Å². The number of H-pyrrole nitrogens is 1. The molecule has 0 radical (unpaired) electrons. The van der Waals surface area contributed by atoms with Crippen molar-refractivity contribution >= 4 is 11.9 Å². The predicted molar refractivity (Wildman–Crippen MR) is 104 cm³/mol. The number of hydrogen-bond acceptors (Lipinski definition) is 7. The van der Waals surface area contributed by atoms with E-state index >= 15 is 0 Å². The second kappa shape index (κ2) is 9.60. The molecule has 0 unspecified atom stereocenters. The Morgan fingerprint density at radius 3 is 2.59 bits per heavy atom. The molecule has 32 heavy (non-hydrogen) atoms. The zero-order valence-electron chi connectivity index (χ0n) is 16.7. The van der Waals surface area contributed by atoms with Crippen molar-refractivity contribution in [3.63, 3.8) is 0 Å². The Morgan fingerprint density at radius 2 is 2.03 bits per heavy atom. The molecule has 0 bridgehead atoms. The summed E-state index contributed by atoms with van der Waals surface area (Å²) in [5, 5.41) is 19.9. The van der Waals surface area contributed by atoms with Gasteiger partial charge in [-0.15, -0.1) is 0 Å². The minimum absolute atomic E-state index is 0.232. The molecule has 1 fully saturated rings. The number of alkyl halides is 3. The number of aryl methyl sites for hydroxylation is 1. The number of aromatic nitrogens is 4. The van der Waals surface area contributed by atoms with Crippen LogP contribution in [0.25, 0.3) is 11.4 Å². The molecular weight excluding hydrogens is 433 g/mol. The molecule has 1 amide bonds. The molecule has 170 valence electrons. The zero-order chi connectivity index (χ0) is 23.3. The van der Waals surface area contributed by atoms with E-state index in [4.69, 9.17) is 14.3 Å². The van der Waals surface area contributed by atoms with Crippen molar-refractivity contribution in [2.24, 2.45) is 0 Å². The zero-order valence-corrected chi connectivity index (χ0v) is 16.7. The molecule has 13 heteroatoms. The van der Waals surface area contributed by atoms with Crippen LogP contribution in [0.4, 0.5) is 13.2 Å². The van der Waals surface area contributed by atoms with Crippen LogP contribution in [0.1, 0.15) is 33.6 Å². The molecule has 0 spiro atoms. The summed E-state index contributed by atoms with van der Waals surface area (Å²) in [4.78, 5) is 29.8. The van der Waals surface area contributed by atoms with Crippen LogP contribution < -0.4 is 10.6 Å². The number of oxazole rings is 1. The molecule has 10 nitrogen and oxygen atoms in total. The number of hydrogen-bond donors (Lipinski definition) is 4. The number of carbonyl (C=O) groups excluding carboxylic acids is 1. The molecule has 1 saturated heterocycles. The number of carboxylic acid groups (broad SMARTS) is 1. The highest BCUT2D eigenvalue weighted by Crippen LogP contribution is 2.22. The SMILES string of the molecule is Cc1oc(C2CNC2)nc1C(=O)NCc1cccc(-c2ncn[nH]2)c1.O=C(O)C(F)(F)F. The van der Waals surface area contributed by atoms with Gasteiger partial charge in [0.15, 0.2) is 11.5 Å². The lowest BCUT2D eigenvalue weighted by atomic mass is 10.0. The van der Waals surface area contributed by atoms with E-state index in [9.17, 15) is 18.0 Å². The summed E-state index contributed by atoms with van der Waals surface area (Å²) in [6.07, 6.45) is -3.62. The second-order valence-corrected chi connectivity index (χ2v) is 6.83. The number of halogens is 3. The van der Waals surface area contributed by atoms with Gasteiger partial charge < -0.3 is 20.2 Å². The highest BCUT2D eigenvalue weighted by atomic mass is 19.4. The number of aliphatic carboxylic acids is 1. The standard InChI is InChI=1S/C17H18N6O2.C2HF3O2/c1-10-14(22-17(25-10)13-7-18-8-13)16(24)19-6-11-3-2-4-12(5-11)15-20-9-21-23-15;3-2(4,5)1(6)7/h2-5,9,13,18H,6-8H2,1H3,(H,19,24)(H,20,21,23);(H,6,7). The van der Waals surface area contributed by atoms with E-state index in [1.54, 1.807) is 6.92 Å². The summed E-state index contributed by atoms with van der Waals surface area (Å²) in [7, 11) is 0. The fraction of sp³-hybridized carbons (Fsp3) is 0.316. The molecule has 0 saturated carbocycles. The van der Waals surface area contributed by atoms with Crippen LogP contribution in [-0.4, -0.2) is 56.4 Å². The second-order valence-electron chi connectivity index (χ2n) is 6.83. The summed E-state index contributed by atoms with van der Waals surface area (Å²) in [6.45, 7) is 3.85. The van der Waals surface area contributed by atoms with Gasteiger partial charge >= 0.3 is 12.1 Å². The monoisotopic (exact) mass is 452 g/mol. The van der Waals surface area contributed by atoms with Crippen LogP contribution in [0.3, 0.4) is 0 Å². The van der Waals surface area contributed by atoms with Gasteiger partial charge in [0.2, 0.25) is 5.89 Å². The van der Waals surface area contributed by atoms with Crippen molar-refractivity contribution in [3.05, 3.63) is 53.5 Å². The molecule has 2 aromatic heterocycles. The van der Waals surface area contributed by atoms with Crippen LogP contribution in [0.15, 0.2) is 35.0 Å². The van der Waals surface area contributed by atoms with E-state index in [0.29, 0.717) is 29.7 Å². The van der Waals surface area contributed by atoms with E-state index in [0.717, 1.165) is 24.2 Å². The quantitative estimate of drug-likeness (QED) is 0.460. The number of benzene rings is 1. The maximum absolute atomic E-state index is 12.4. The number of carbonyl (C=O) groups is 2. The highest BCUT2D eigenvalue weighted by molar-refractivity contribution is 5.93. The van der Waals surface area contributed by atoms with Gasteiger partial charge in [-0.25, -0.2) is 14.8 Å².